The van der Waals surface area contributed by atoms with Gasteiger partial charge in [-0.1, -0.05) is 35.3 Å². The maximum absolute atomic E-state index is 12.7. The van der Waals surface area contributed by atoms with E-state index in [9.17, 15) is 21.6 Å². The Labute approximate surface area is 105 Å². The molecule has 1 aromatic carbocycles. The number of halogens is 5. The van der Waals surface area contributed by atoms with Crippen LogP contribution in [0.2, 0.25) is 10.0 Å². The van der Waals surface area contributed by atoms with E-state index in [1.54, 1.807) is 0 Å². The number of rotatable bonds is 2. The molecule has 1 aromatic rings. The summed E-state index contributed by atoms with van der Waals surface area (Å²) in [4.78, 5) is 0. The number of hydrogen-bond acceptors (Lipinski definition) is 2. The zero-order valence-corrected chi connectivity index (χ0v) is 10.3. The molecule has 0 aliphatic carbocycles. The van der Waals surface area contributed by atoms with Gasteiger partial charge in [0, 0.05) is 5.56 Å². The van der Waals surface area contributed by atoms with E-state index in [0.29, 0.717) is 0 Å². The Morgan fingerprint density at radius 3 is 2.18 bits per heavy atom. The first-order valence-electron chi connectivity index (χ1n) is 4.07. The predicted molar refractivity (Wildman–Crippen MR) is 58.4 cm³/mol. The van der Waals surface area contributed by atoms with Gasteiger partial charge in [-0.05, 0) is 6.07 Å². The van der Waals surface area contributed by atoms with Crippen LogP contribution < -0.4 is 5.14 Å². The molecule has 0 aromatic heterocycles. The molecular formula is C8H6Cl2F3NO2S. The van der Waals surface area contributed by atoms with Gasteiger partial charge in [-0.15, -0.1) is 0 Å². The van der Waals surface area contributed by atoms with Crippen molar-refractivity contribution in [3.63, 3.8) is 0 Å². The molecule has 3 nitrogen and oxygen atoms in total. The maximum Gasteiger partial charge on any atom is 0.410 e. The number of benzene rings is 1. The first-order valence-corrected chi connectivity index (χ1v) is 6.44. The van der Waals surface area contributed by atoms with Crippen molar-refractivity contribution in [2.45, 2.75) is 11.4 Å². The molecule has 0 amide bonds. The summed E-state index contributed by atoms with van der Waals surface area (Å²) >= 11 is 11.1. The molecule has 0 heterocycles. The fourth-order valence-corrected chi connectivity index (χ4v) is 2.67. The van der Waals surface area contributed by atoms with E-state index in [4.69, 9.17) is 23.2 Å². The zero-order chi connectivity index (χ0) is 13.4. The second-order valence-electron chi connectivity index (χ2n) is 3.15. The largest absolute Gasteiger partial charge is 0.410 e. The van der Waals surface area contributed by atoms with Crippen molar-refractivity contribution in [3.05, 3.63) is 33.8 Å². The second-order valence-corrected chi connectivity index (χ2v) is 5.59. The molecule has 2 N–H and O–H groups in total. The van der Waals surface area contributed by atoms with E-state index in [0.717, 1.165) is 12.1 Å². The van der Waals surface area contributed by atoms with Gasteiger partial charge in [0.05, 0.1) is 10.0 Å². The number of nitrogens with two attached hydrogens (primary N) is 1. The number of primary sulfonamides is 1. The monoisotopic (exact) mass is 307 g/mol. The van der Waals surface area contributed by atoms with Crippen LogP contribution in [0.1, 0.15) is 10.8 Å². The molecule has 96 valence electrons. The molecule has 1 rings (SSSR count). The predicted octanol–water partition coefficient (Wildman–Crippen LogP) is 2.89. The van der Waals surface area contributed by atoms with Crippen LogP contribution in [0.15, 0.2) is 18.2 Å². The molecule has 0 spiro atoms. The van der Waals surface area contributed by atoms with Crippen molar-refractivity contribution in [2.24, 2.45) is 5.14 Å². The van der Waals surface area contributed by atoms with Crippen molar-refractivity contribution in [1.82, 2.24) is 0 Å². The minimum absolute atomic E-state index is 0.179. The van der Waals surface area contributed by atoms with Crippen molar-refractivity contribution >= 4 is 33.2 Å². The van der Waals surface area contributed by atoms with Crippen LogP contribution in [0.3, 0.4) is 0 Å². The summed E-state index contributed by atoms with van der Waals surface area (Å²) < 4.78 is 60.0. The van der Waals surface area contributed by atoms with Crippen LogP contribution in [-0.2, 0) is 10.0 Å². The van der Waals surface area contributed by atoms with Crippen LogP contribution in [-0.4, -0.2) is 14.6 Å². The van der Waals surface area contributed by atoms with E-state index >= 15 is 0 Å². The Morgan fingerprint density at radius 1 is 1.24 bits per heavy atom. The van der Waals surface area contributed by atoms with Crippen LogP contribution in [0, 0.1) is 0 Å². The zero-order valence-electron chi connectivity index (χ0n) is 8.00. The molecule has 17 heavy (non-hydrogen) atoms. The number of alkyl halides is 3. The highest BCUT2D eigenvalue weighted by Gasteiger charge is 2.49. The minimum Gasteiger partial charge on any atom is -0.228 e. The lowest BCUT2D eigenvalue weighted by Crippen LogP contribution is -2.33. The highest BCUT2D eigenvalue weighted by atomic mass is 35.5. The Kier molecular flexibility index (Phi) is 3.97. The molecule has 0 bridgehead atoms. The summed E-state index contributed by atoms with van der Waals surface area (Å²) in [6.45, 7) is 0. The van der Waals surface area contributed by atoms with Gasteiger partial charge in [-0.2, -0.15) is 13.2 Å². The molecule has 1 atom stereocenters. The summed E-state index contributed by atoms with van der Waals surface area (Å²) in [5.74, 6) is 0. The molecule has 0 saturated heterocycles. The average Bonchev–Trinajstić information content (AvgIpc) is 2.08. The quantitative estimate of drug-likeness (QED) is 0.913. The molecule has 0 aliphatic heterocycles. The summed E-state index contributed by atoms with van der Waals surface area (Å²) in [7, 11) is -4.88. The average molecular weight is 308 g/mol. The molecular weight excluding hydrogens is 302 g/mol. The molecule has 0 aliphatic rings. The SMILES string of the molecule is NS(=O)(=O)C(c1cccc(Cl)c1Cl)C(F)(F)F. The maximum atomic E-state index is 12.7. The van der Waals surface area contributed by atoms with Crippen LogP contribution >= 0.6 is 23.2 Å². The van der Waals surface area contributed by atoms with Crippen molar-refractivity contribution in [2.75, 3.05) is 0 Å². The van der Waals surface area contributed by atoms with Crippen molar-refractivity contribution < 1.29 is 21.6 Å². The summed E-state index contributed by atoms with van der Waals surface area (Å²) in [6, 6.07) is 3.31. The third-order valence-electron chi connectivity index (χ3n) is 1.89. The molecule has 0 saturated carbocycles. The molecule has 9 heteroatoms. The van der Waals surface area contributed by atoms with E-state index in [1.165, 1.54) is 6.07 Å². The summed E-state index contributed by atoms with van der Waals surface area (Å²) in [5, 5.41) is 1.02. The Balaban J connectivity index is 3.50. The van der Waals surface area contributed by atoms with E-state index in [2.05, 4.69) is 5.14 Å². The fourth-order valence-electron chi connectivity index (χ4n) is 1.26. The Hall–Kier alpha value is -0.500. The lowest BCUT2D eigenvalue weighted by molar-refractivity contribution is -0.131. The number of hydrogen-bond donors (Lipinski definition) is 1. The summed E-state index contributed by atoms with van der Waals surface area (Å²) in [6.07, 6.45) is -5.07. The second kappa shape index (κ2) is 4.64. The molecule has 1 unspecified atom stereocenters. The van der Waals surface area contributed by atoms with E-state index in [-0.39, 0.29) is 5.02 Å². The van der Waals surface area contributed by atoms with Gasteiger partial charge in [-0.25, -0.2) is 13.6 Å². The van der Waals surface area contributed by atoms with Gasteiger partial charge < -0.3 is 0 Å². The molecule has 0 radical (unpaired) electrons. The third-order valence-corrected chi connectivity index (χ3v) is 3.90. The lowest BCUT2D eigenvalue weighted by Gasteiger charge is -2.19. The van der Waals surface area contributed by atoms with Crippen LogP contribution in [0.4, 0.5) is 13.2 Å². The topological polar surface area (TPSA) is 60.2 Å². The first-order chi connectivity index (χ1) is 7.55. The van der Waals surface area contributed by atoms with Crippen molar-refractivity contribution in [1.29, 1.82) is 0 Å². The highest BCUT2D eigenvalue weighted by Crippen LogP contribution is 2.42. The van der Waals surface area contributed by atoms with Gasteiger partial charge >= 0.3 is 6.18 Å². The van der Waals surface area contributed by atoms with Crippen LogP contribution in [0.5, 0.6) is 0 Å². The fraction of sp³-hybridized carbons (Fsp3) is 0.250. The standard InChI is InChI=1S/C8H6Cl2F3NO2S/c9-5-3-1-2-4(6(5)10)7(8(11,12)13)17(14,15)16/h1-3,7H,(H2,14,15,16). The van der Waals surface area contributed by atoms with Gasteiger partial charge in [-0.3, -0.25) is 0 Å². The van der Waals surface area contributed by atoms with Crippen molar-refractivity contribution in [3.8, 4) is 0 Å². The minimum atomic E-state index is -5.07. The van der Waals surface area contributed by atoms with Gasteiger partial charge in [0.15, 0.2) is 5.25 Å². The van der Waals surface area contributed by atoms with Gasteiger partial charge in [0.25, 0.3) is 0 Å². The van der Waals surface area contributed by atoms with E-state index < -0.39 is 32.0 Å². The van der Waals surface area contributed by atoms with E-state index in [1.807, 2.05) is 0 Å². The summed E-state index contributed by atoms with van der Waals surface area (Å²) in [5.41, 5.74) is -0.686. The third kappa shape index (κ3) is 3.25. The van der Waals surface area contributed by atoms with Gasteiger partial charge in [0.2, 0.25) is 10.0 Å². The highest BCUT2D eigenvalue weighted by molar-refractivity contribution is 7.89. The normalized spacial score (nSPS) is 14.7. The smallest absolute Gasteiger partial charge is 0.228 e. The van der Waals surface area contributed by atoms with Crippen LogP contribution in [0.25, 0.3) is 0 Å². The van der Waals surface area contributed by atoms with Gasteiger partial charge in [0.1, 0.15) is 0 Å². The number of sulfonamides is 1. The Morgan fingerprint density at radius 2 is 1.76 bits per heavy atom. The lowest BCUT2D eigenvalue weighted by atomic mass is 10.1. The first kappa shape index (κ1) is 14.6. The Bertz CT molecular complexity index is 530. The molecule has 0 fully saturated rings.